The normalized spacial score (nSPS) is 12.5. The summed E-state index contributed by atoms with van der Waals surface area (Å²) in [5, 5.41) is 0. The summed E-state index contributed by atoms with van der Waals surface area (Å²) >= 11 is 6.67. The second-order valence-corrected chi connectivity index (χ2v) is 4.77. The number of benzene rings is 1. The summed E-state index contributed by atoms with van der Waals surface area (Å²) in [5.74, 6) is 0.142. The van der Waals surface area contributed by atoms with Gasteiger partial charge in [-0.3, -0.25) is 4.79 Å². The van der Waals surface area contributed by atoms with Gasteiger partial charge in [0.25, 0.3) is 0 Å². The van der Waals surface area contributed by atoms with Crippen molar-refractivity contribution in [2.45, 2.75) is 18.2 Å². The Morgan fingerprint density at radius 2 is 2.23 bits per heavy atom. The lowest BCUT2D eigenvalue weighted by molar-refractivity contribution is 0.0990. The van der Waals surface area contributed by atoms with E-state index in [-0.39, 0.29) is 10.6 Å². The molecule has 0 aliphatic rings. The Bertz CT molecular complexity index is 310. The molecule has 0 aromatic heterocycles. The molecule has 0 spiro atoms. The molecule has 1 unspecified atom stereocenters. The first-order valence-corrected chi connectivity index (χ1v) is 5.80. The van der Waals surface area contributed by atoms with Gasteiger partial charge in [-0.2, -0.15) is 0 Å². The average Bonchev–Trinajstić information content (AvgIpc) is 2.15. The van der Waals surface area contributed by atoms with E-state index in [1.165, 1.54) is 0 Å². The smallest absolute Gasteiger partial charge is 0.176 e. The average molecular weight is 306 g/mol. The lowest BCUT2D eigenvalue weighted by Crippen LogP contribution is -2.12. The fraction of sp³-hybridized carbons (Fsp3) is 0.300. The van der Waals surface area contributed by atoms with Gasteiger partial charge in [0.15, 0.2) is 5.78 Å². The van der Waals surface area contributed by atoms with Gasteiger partial charge in [0.1, 0.15) is 0 Å². The van der Waals surface area contributed by atoms with Crippen molar-refractivity contribution >= 4 is 37.6 Å². The zero-order valence-corrected chi connectivity index (χ0v) is 10.4. The molecule has 1 aromatic carbocycles. The maximum atomic E-state index is 11.7. The van der Waals surface area contributed by atoms with E-state index >= 15 is 0 Å². The van der Waals surface area contributed by atoms with Crippen molar-refractivity contribution < 1.29 is 4.79 Å². The summed E-state index contributed by atoms with van der Waals surface area (Å²) in [6.45, 7) is 1.98. The monoisotopic (exact) mass is 304 g/mol. The quantitative estimate of drug-likeness (QED) is 0.613. The Morgan fingerprint density at radius 3 is 2.77 bits per heavy atom. The van der Waals surface area contributed by atoms with Crippen LogP contribution >= 0.6 is 31.9 Å². The minimum atomic E-state index is -0.0678. The van der Waals surface area contributed by atoms with E-state index in [2.05, 4.69) is 31.9 Å². The molecule has 1 rings (SSSR count). The second kappa shape index (κ2) is 4.91. The van der Waals surface area contributed by atoms with E-state index in [9.17, 15) is 4.79 Å². The standard InChI is InChI=1S/C10H10Br2O/c1-2-9(12)10(13)7-4-3-5-8(11)6-7/h3-6,9H,2H2,1H3. The van der Waals surface area contributed by atoms with Gasteiger partial charge < -0.3 is 0 Å². The second-order valence-electron chi connectivity index (χ2n) is 2.75. The molecule has 13 heavy (non-hydrogen) atoms. The van der Waals surface area contributed by atoms with Crippen LogP contribution in [0.25, 0.3) is 0 Å². The Hall–Kier alpha value is -0.150. The number of hydrogen-bond acceptors (Lipinski definition) is 1. The van der Waals surface area contributed by atoms with Gasteiger partial charge in [0.05, 0.1) is 4.83 Å². The Balaban J connectivity index is 2.89. The maximum absolute atomic E-state index is 11.7. The van der Waals surface area contributed by atoms with E-state index in [1.807, 2.05) is 31.2 Å². The number of carbonyl (C=O) groups excluding carboxylic acids is 1. The molecule has 0 N–H and O–H groups in total. The molecule has 0 saturated carbocycles. The first kappa shape index (κ1) is 10.9. The SMILES string of the molecule is CCC(Br)C(=O)c1cccc(Br)c1. The van der Waals surface area contributed by atoms with Gasteiger partial charge in [-0.1, -0.05) is 50.9 Å². The van der Waals surface area contributed by atoms with Gasteiger partial charge in [-0.05, 0) is 18.6 Å². The molecule has 0 aliphatic heterocycles. The number of halogens is 2. The van der Waals surface area contributed by atoms with Crippen molar-refractivity contribution in [1.29, 1.82) is 0 Å². The molecule has 0 fully saturated rings. The van der Waals surface area contributed by atoms with Crippen LogP contribution in [0.4, 0.5) is 0 Å². The largest absolute Gasteiger partial charge is 0.293 e. The van der Waals surface area contributed by atoms with Crippen molar-refractivity contribution in [2.24, 2.45) is 0 Å². The summed E-state index contributed by atoms with van der Waals surface area (Å²) in [5.41, 5.74) is 0.748. The van der Waals surface area contributed by atoms with Crippen LogP contribution in [-0.4, -0.2) is 10.6 Å². The molecule has 0 bridgehead atoms. The Morgan fingerprint density at radius 1 is 1.54 bits per heavy atom. The molecule has 70 valence electrons. The molecule has 1 aromatic rings. The molecule has 0 radical (unpaired) electrons. The highest BCUT2D eigenvalue weighted by Crippen LogP contribution is 2.17. The molecule has 0 aliphatic carbocycles. The van der Waals surface area contributed by atoms with Crippen LogP contribution in [0.3, 0.4) is 0 Å². The predicted octanol–water partition coefficient (Wildman–Crippen LogP) is 3.81. The summed E-state index contributed by atoms with van der Waals surface area (Å²) in [4.78, 5) is 11.6. The van der Waals surface area contributed by atoms with E-state index in [0.29, 0.717) is 0 Å². The number of rotatable bonds is 3. The Labute approximate surface area is 94.8 Å². The van der Waals surface area contributed by atoms with Gasteiger partial charge in [-0.25, -0.2) is 0 Å². The van der Waals surface area contributed by atoms with Crippen LogP contribution < -0.4 is 0 Å². The number of ketones is 1. The zero-order valence-electron chi connectivity index (χ0n) is 7.26. The number of carbonyl (C=O) groups is 1. The zero-order chi connectivity index (χ0) is 9.84. The predicted molar refractivity (Wildman–Crippen MR) is 61.5 cm³/mol. The van der Waals surface area contributed by atoms with Crippen LogP contribution in [0.2, 0.25) is 0 Å². The lowest BCUT2D eigenvalue weighted by Gasteiger charge is -2.05. The van der Waals surface area contributed by atoms with E-state index < -0.39 is 0 Å². The third-order valence-electron chi connectivity index (χ3n) is 1.75. The number of hydrogen-bond donors (Lipinski definition) is 0. The minimum Gasteiger partial charge on any atom is -0.293 e. The molecule has 3 heteroatoms. The Kier molecular flexibility index (Phi) is 4.13. The molecule has 1 atom stereocenters. The van der Waals surface area contributed by atoms with Gasteiger partial charge in [-0.15, -0.1) is 0 Å². The molecule has 1 nitrogen and oxygen atoms in total. The summed E-state index contributed by atoms with van der Waals surface area (Å²) in [6.07, 6.45) is 0.811. The molecule has 0 heterocycles. The first-order chi connectivity index (χ1) is 6.15. The van der Waals surface area contributed by atoms with E-state index in [0.717, 1.165) is 16.5 Å². The molecule has 0 saturated heterocycles. The molecular formula is C10H10Br2O. The highest BCUT2D eigenvalue weighted by molar-refractivity contribution is 9.10. The van der Waals surface area contributed by atoms with Gasteiger partial charge in [0, 0.05) is 10.0 Å². The van der Waals surface area contributed by atoms with Crippen LogP contribution in [0.1, 0.15) is 23.7 Å². The molecular weight excluding hydrogens is 296 g/mol. The van der Waals surface area contributed by atoms with Crippen LogP contribution in [0, 0.1) is 0 Å². The molecule has 0 amide bonds. The van der Waals surface area contributed by atoms with E-state index in [4.69, 9.17) is 0 Å². The van der Waals surface area contributed by atoms with Crippen molar-refractivity contribution in [1.82, 2.24) is 0 Å². The fourth-order valence-electron chi connectivity index (χ4n) is 1.01. The number of alkyl halides is 1. The van der Waals surface area contributed by atoms with Crippen LogP contribution in [0.5, 0.6) is 0 Å². The summed E-state index contributed by atoms with van der Waals surface area (Å²) < 4.78 is 0.939. The first-order valence-electron chi connectivity index (χ1n) is 4.09. The van der Waals surface area contributed by atoms with Crippen LogP contribution in [0.15, 0.2) is 28.7 Å². The summed E-state index contributed by atoms with van der Waals surface area (Å²) in [7, 11) is 0. The third kappa shape index (κ3) is 2.92. The van der Waals surface area contributed by atoms with Crippen LogP contribution in [-0.2, 0) is 0 Å². The van der Waals surface area contributed by atoms with E-state index in [1.54, 1.807) is 0 Å². The highest BCUT2D eigenvalue weighted by Gasteiger charge is 2.14. The van der Waals surface area contributed by atoms with Gasteiger partial charge in [0.2, 0.25) is 0 Å². The number of Topliss-reactive ketones (excluding diaryl/α,β-unsaturated/α-hetero) is 1. The van der Waals surface area contributed by atoms with Gasteiger partial charge >= 0.3 is 0 Å². The van der Waals surface area contributed by atoms with Crippen molar-refractivity contribution in [3.63, 3.8) is 0 Å². The van der Waals surface area contributed by atoms with Crippen molar-refractivity contribution in [3.05, 3.63) is 34.3 Å². The van der Waals surface area contributed by atoms with Crippen molar-refractivity contribution in [2.75, 3.05) is 0 Å². The highest BCUT2D eigenvalue weighted by atomic mass is 79.9. The topological polar surface area (TPSA) is 17.1 Å². The van der Waals surface area contributed by atoms with Crippen molar-refractivity contribution in [3.8, 4) is 0 Å². The fourth-order valence-corrected chi connectivity index (χ4v) is 1.67. The lowest BCUT2D eigenvalue weighted by atomic mass is 10.1. The summed E-state index contributed by atoms with van der Waals surface area (Å²) in [6, 6.07) is 7.45. The third-order valence-corrected chi connectivity index (χ3v) is 3.31. The minimum absolute atomic E-state index is 0.0678. The maximum Gasteiger partial charge on any atom is 0.176 e.